The molecule has 2 N–H and O–H groups in total. The summed E-state index contributed by atoms with van der Waals surface area (Å²) in [7, 11) is 3.16. The Morgan fingerprint density at radius 2 is 1.71 bits per heavy atom. The number of hydrogen-bond acceptors (Lipinski definition) is 8. The molecule has 0 aliphatic carbocycles. The molecule has 0 radical (unpaired) electrons. The van der Waals surface area contributed by atoms with Crippen molar-refractivity contribution in [3.05, 3.63) is 83.9 Å². The van der Waals surface area contributed by atoms with Crippen LogP contribution in [0, 0.1) is 0 Å². The first-order chi connectivity index (χ1) is 20.0. The van der Waals surface area contributed by atoms with Crippen LogP contribution in [0.4, 0.5) is 11.4 Å². The van der Waals surface area contributed by atoms with E-state index in [0.29, 0.717) is 40.4 Å². The van der Waals surface area contributed by atoms with Crippen molar-refractivity contribution in [2.24, 2.45) is 9.98 Å². The van der Waals surface area contributed by atoms with E-state index in [1.165, 1.54) is 4.90 Å². The molecule has 210 valence electrons. The zero-order valence-electron chi connectivity index (χ0n) is 22.6. The summed E-state index contributed by atoms with van der Waals surface area (Å²) in [6, 6.07) is 21.2. The van der Waals surface area contributed by atoms with Crippen LogP contribution in [0.5, 0.6) is 11.5 Å². The van der Waals surface area contributed by atoms with Crippen molar-refractivity contribution in [2.45, 2.75) is 25.4 Å². The number of fused-ring (bicyclic) bond motifs is 3. The highest BCUT2D eigenvalue weighted by Gasteiger charge is 2.41. The van der Waals surface area contributed by atoms with Gasteiger partial charge in [-0.3, -0.25) is 19.4 Å². The molecule has 3 aromatic rings. The van der Waals surface area contributed by atoms with Crippen LogP contribution in [0.1, 0.15) is 24.0 Å². The number of aliphatic imine (C=N–C) groups is 2. The molecular formula is C30H29N5O5S. The summed E-state index contributed by atoms with van der Waals surface area (Å²) in [5, 5.41) is 6.10. The van der Waals surface area contributed by atoms with Crippen LogP contribution in [0.25, 0.3) is 0 Å². The topological polar surface area (TPSA) is 122 Å². The standard InChI is InChI=1S/C30H29N5O5S/c1-39-21-13-11-20(12-14-21)32-27(37)18-41-30-34-23-9-5-4-8-22(23)28-33-24(29(38)35(28)30)15-16-26(36)31-17-19-7-3-6-10-25(19)40-2/h3-14,24H,15-18H2,1-2H3,(H,31,36)(H,32,37). The molecule has 0 spiro atoms. The van der Waals surface area contributed by atoms with Crippen molar-refractivity contribution in [1.82, 2.24) is 10.2 Å². The first-order valence-electron chi connectivity index (χ1n) is 13.0. The summed E-state index contributed by atoms with van der Waals surface area (Å²) in [5.74, 6) is 1.22. The Morgan fingerprint density at radius 3 is 2.49 bits per heavy atom. The number of hydrogen-bond donors (Lipinski definition) is 2. The molecule has 1 unspecified atom stereocenters. The maximum absolute atomic E-state index is 13.5. The number of amidine groups is 2. The van der Waals surface area contributed by atoms with E-state index < -0.39 is 6.04 Å². The van der Waals surface area contributed by atoms with E-state index in [9.17, 15) is 14.4 Å². The normalized spacial score (nSPS) is 15.3. The van der Waals surface area contributed by atoms with Gasteiger partial charge in [-0.05, 0) is 48.9 Å². The number of carbonyl (C=O) groups excluding carboxylic acids is 3. The molecule has 3 aromatic carbocycles. The third-order valence-electron chi connectivity index (χ3n) is 6.57. The number of benzene rings is 3. The number of nitrogens with one attached hydrogen (secondary N) is 2. The summed E-state index contributed by atoms with van der Waals surface area (Å²) in [6.07, 6.45) is 0.371. The fourth-order valence-corrected chi connectivity index (χ4v) is 5.29. The number of methoxy groups -OCH3 is 2. The Morgan fingerprint density at radius 1 is 0.951 bits per heavy atom. The van der Waals surface area contributed by atoms with E-state index in [1.807, 2.05) is 48.5 Å². The smallest absolute Gasteiger partial charge is 0.259 e. The van der Waals surface area contributed by atoms with Crippen LogP contribution in [0.3, 0.4) is 0 Å². The van der Waals surface area contributed by atoms with Gasteiger partial charge < -0.3 is 20.1 Å². The first kappa shape index (κ1) is 27.9. The predicted octanol–water partition coefficient (Wildman–Crippen LogP) is 4.13. The molecule has 0 saturated carbocycles. The Kier molecular flexibility index (Phi) is 8.64. The molecule has 11 heteroatoms. The average molecular weight is 572 g/mol. The molecule has 0 aromatic heterocycles. The van der Waals surface area contributed by atoms with Crippen molar-refractivity contribution < 1.29 is 23.9 Å². The predicted molar refractivity (Wildman–Crippen MR) is 159 cm³/mol. The largest absolute Gasteiger partial charge is 0.497 e. The number of rotatable bonds is 10. The molecule has 1 atom stereocenters. The van der Waals surface area contributed by atoms with E-state index in [0.717, 1.165) is 22.9 Å². The van der Waals surface area contributed by atoms with Gasteiger partial charge in [0.25, 0.3) is 5.91 Å². The average Bonchev–Trinajstić information content (AvgIpc) is 3.34. The molecule has 2 heterocycles. The molecule has 2 aliphatic heterocycles. The first-order valence-corrected chi connectivity index (χ1v) is 14.0. The number of carbonyl (C=O) groups is 3. The minimum atomic E-state index is -0.730. The second-order valence-corrected chi connectivity index (χ2v) is 10.2. The van der Waals surface area contributed by atoms with Gasteiger partial charge in [-0.15, -0.1) is 0 Å². The van der Waals surface area contributed by atoms with Crippen molar-refractivity contribution in [1.29, 1.82) is 0 Å². The maximum Gasteiger partial charge on any atom is 0.259 e. The van der Waals surface area contributed by atoms with Crippen LogP contribution in [-0.4, -0.2) is 59.6 Å². The van der Waals surface area contributed by atoms with Crippen molar-refractivity contribution in [3.63, 3.8) is 0 Å². The lowest BCUT2D eigenvalue weighted by molar-refractivity contribution is -0.125. The van der Waals surface area contributed by atoms with E-state index in [-0.39, 0.29) is 36.3 Å². The third kappa shape index (κ3) is 6.41. The highest BCUT2D eigenvalue weighted by molar-refractivity contribution is 8.14. The van der Waals surface area contributed by atoms with Crippen LogP contribution in [-0.2, 0) is 20.9 Å². The summed E-state index contributed by atoms with van der Waals surface area (Å²) in [4.78, 5) is 49.6. The van der Waals surface area contributed by atoms with Crippen molar-refractivity contribution in [2.75, 3.05) is 25.3 Å². The monoisotopic (exact) mass is 571 g/mol. The summed E-state index contributed by atoms with van der Waals surface area (Å²) < 4.78 is 10.5. The highest BCUT2D eigenvalue weighted by Crippen LogP contribution is 2.34. The number of ether oxygens (including phenoxy) is 2. The zero-order valence-corrected chi connectivity index (χ0v) is 23.4. The minimum Gasteiger partial charge on any atom is -0.497 e. The Bertz CT molecular complexity index is 1520. The summed E-state index contributed by atoms with van der Waals surface area (Å²) >= 11 is 1.16. The zero-order chi connectivity index (χ0) is 28.8. The SMILES string of the molecule is COc1ccc(NC(=O)CSC2=Nc3ccccc3C3=NC(CCC(=O)NCc4ccccc4OC)C(=O)N23)cc1. The van der Waals surface area contributed by atoms with Crippen molar-refractivity contribution in [3.8, 4) is 11.5 Å². The molecule has 0 saturated heterocycles. The van der Waals surface area contributed by atoms with Gasteiger partial charge in [-0.25, -0.2) is 9.89 Å². The summed E-state index contributed by atoms with van der Waals surface area (Å²) in [5.41, 5.74) is 2.90. The van der Waals surface area contributed by atoms with Gasteiger partial charge >= 0.3 is 0 Å². The van der Waals surface area contributed by atoms with E-state index >= 15 is 0 Å². The van der Waals surface area contributed by atoms with Crippen LogP contribution >= 0.6 is 11.8 Å². The molecular weight excluding hydrogens is 542 g/mol. The lowest BCUT2D eigenvalue weighted by Crippen LogP contribution is -2.41. The Labute approximate surface area is 241 Å². The Hall–Kier alpha value is -4.64. The molecule has 0 fully saturated rings. The lowest BCUT2D eigenvalue weighted by atomic mass is 10.1. The number of nitrogens with zero attached hydrogens (tertiary/aromatic N) is 3. The second-order valence-electron chi connectivity index (χ2n) is 9.25. The summed E-state index contributed by atoms with van der Waals surface area (Å²) in [6.45, 7) is 0.321. The third-order valence-corrected chi connectivity index (χ3v) is 7.51. The minimum absolute atomic E-state index is 0.0418. The molecule has 5 rings (SSSR count). The van der Waals surface area contributed by atoms with Crippen molar-refractivity contribution >= 4 is 51.9 Å². The highest BCUT2D eigenvalue weighted by atomic mass is 32.2. The quantitative estimate of drug-likeness (QED) is 0.378. The van der Waals surface area contributed by atoms with Gasteiger partial charge in [0.2, 0.25) is 11.8 Å². The number of thioether (sulfide) groups is 1. The van der Waals surface area contributed by atoms with E-state index in [4.69, 9.17) is 14.5 Å². The van der Waals surface area contributed by atoms with Crippen LogP contribution < -0.4 is 20.1 Å². The number of amides is 3. The second kappa shape index (κ2) is 12.7. The maximum atomic E-state index is 13.5. The van der Waals surface area contributed by atoms with Crippen LogP contribution in [0.15, 0.2) is 82.8 Å². The molecule has 3 amide bonds. The fourth-order valence-electron chi connectivity index (χ4n) is 4.49. The van der Waals surface area contributed by atoms with Gasteiger partial charge in [0.05, 0.1) is 25.7 Å². The van der Waals surface area contributed by atoms with Gasteiger partial charge in [0.1, 0.15) is 23.4 Å². The Balaban J connectivity index is 1.22. The fraction of sp³-hybridized carbons (Fsp3) is 0.233. The molecule has 2 aliphatic rings. The number of anilines is 1. The van der Waals surface area contributed by atoms with E-state index in [2.05, 4.69) is 15.6 Å². The van der Waals surface area contributed by atoms with Gasteiger partial charge in [0, 0.05) is 29.8 Å². The van der Waals surface area contributed by atoms with Gasteiger partial charge in [-0.1, -0.05) is 42.1 Å². The van der Waals surface area contributed by atoms with E-state index in [1.54, 1.807) is 38.5 Å². The molecule has 41 heavy (non-hydrogen) atoms. The molecule has 10 nitrogen and oxygen atoms in total. The lowest BCUT2D eigenvalue weighted by Gasteiger charge is -2.25. The van der Waals surface area contributed by atoms with Crippen LogP contribution in [0.2, 0.25) is 0 Å². The van der Waals surface area contributed by atoms with Gasteiger partial charge in [-0.2, -0.15) is 0 Å². The number of para-hydroxylation sites is 2. The molecule has 0 bridgehead atoms. The van der Waals surface area contributed by atoms with Gasteiger partial charge in [0.15, 0.2) is 5.17 Å².